The van der Waals surface area contributed by atoms with E-state index in [9.17, 15) is 0 Å². The zero-order valence-corrected chi connectivity index (χ0v) is 10.7. The summed E-state index contributed by atoms with van der Waals surface area (Å²) < 4.78 is 7.34. The molecule has 0 aliphatic carbocycles. The van der Waals surface area contributed by atoms with Gasteiger partial charge in [-0.1, -0.05) is 26.0 Å². The highest BCUT2D eigenvalue weighted by Crippen LogP contribution is 2.20. The number of imidazole rings is 1. The van der Waals surface area contributed by atoms with E-state index in [-0.39, 0.29) is 6.10 Å². The van der Waals surface area contributed by atoms with E-state index in [2.05, 4.69) is 15.6 Å². The number of benzene rings is 1. The van der Waals surface area contributed by atoms with Gasteiger partial charge >= 0.3 is 0 Å². The Hall–Kier alpha value is -1.35. The maximum atomic E-state index is 5.26. The minimum Gasteiger partial charge on any atom is -0.374 e. The van der Waals surface area contributed by atoms with Crippen molar-refractivity contribution in [1.82, 2.24) is 9.55 Å². The van der Waals surface area contributed by atoms with E-state index in [1.807, 2.05) is 46.0 Å². The second-order valence-corrected chi connectivity index (χ2v) is 3.40. The van der Waals surface area contributed by atoms with Crippen molar-refractivity contribution >= 4 is 11.0 Å². The molecule has 0 fully saturated rings. The van der Waals surface area contributed by atoms with E-state index in [1.165, 1.54) is 0 Å². The minimum absolute atomic E-state index is 0.0346. The summed E-state index contributed by atoms with van der Waals surface area (Å²) in [6, 6.07) is 8.09. The first kappa shape index (κ1) is 12.7. The summed E-state index contributed by atoms with van der Waals surface area (Å²) in [6.07, 6.45) is 0.0346. The first-order valence-corrected chi connectivity index (χ1v) is 5.68. The van der Waals surface area contributed by atoms with Gasteiger partial charge in [-0.2, -0.15) is 0 Å². The van der Waals surface area contributed by atoms with Crippen LogP contribution in [0.4, 0.5) is 0 Å². The number of hydrogen-bond acceptors (Lipinski definition) is 2. The Morgan fingerprint density at radius 3 is 2.44 bits per heavy atom. The molecule has 3 heteroatoms. The normalized spacial score (nSPS) is 12.1. The van der Waals surface area contributed by atoms with Crippen LogP contribution in [0.1, 0.15) is 32.7 Å². The maximum Gasteiger partial charge on any atom is 0.138 e. The third-order valence-electron chi connectivity index (χ3n) is 2.54. The summed E-state index contributed by atoms with van der Waals surface area (Å²) in [6.45, 7) is 6.00. The van der Waals surface area contributed by atoms with Crippen molar-refractivity contribution in [2.75, 3.05) is 7.11 Å². The fraction of sp³-hybridized carbons (Fsp3) is 0.462. The predicted octanol–water partition coefficient (Wildman–Crippen LogP) is 3.31. The Labute approximate surface area is 97.1 Å². The highest BCUT2D eigenvalue weighted by Gasteiger charge is 2.12. The van der Waals surface area contributed by atoms with Gasteiger partial charge in [0.05, 0.1) is 11.0 Å². The molecule has 0 radical (unpaired) electrons. The molecule has 0 amide bonds. The van der Waals surface area contributed by atoms with Gasteiger partial charge in [-0.3, -0.25) is 0 Å². The van der Waals surface area contributed by atoms with Gasteiger partial charge in [0.2, 0.25) is 0 Å². The lowest BCUT2D eigenvalue weighted by Crippen LogP contribution is -2.04. The van der Waals surface area contributed by atoms with Crippen molar-refractivity contribution in [2.24, 2.45) is 7.05 Å². The Bertz CT molecular complexity index is 448. The van der Waals surface area contributed by atoms with Gasteiger partial charge in [0.15, 0.2) is 0 Å². The van der Waals surface area contributed by atoms with Crippen molar-refractivity contribution in [2.45, 2.75) is 26.9 Å². The molecule has 1 aromatic carbocycles. The number of nitrogens with zero attached hydrogens (tertiary/aromatic N) is 2. The van der Waals surface area contributed by atoms with Gasteiger partial charge in [-0.25, -0.2) is 4.98 Å². The van der Waals surface area contributed by atoms with E-state index in [4.69, 9.17) is 4.74 Å². The molecule has 1 unspecified atom stereocenters. The summed E-state index contributed by atoms with van der Waals surface area (Å²) in [5.74, 6) is 0.966. The molecule has 2 aromatic rings. The zero-order chi connectivity index (χ0) is 12.1. The SMILES string of the molecule is CC.COC(C)c1nc2ccccc2n1C. The molecule has 2 rings (SSSR count). The topological polar surface area (TPSA) is 27.1 Å². The molecule has 16 heavy (non-hydrogen) atoms. The molecule has 0 aliphatic rings. The minimum atomic E-state index is 0.0346. The van der Waals surface area contributed by atoms with Crippen molar-refractivity contribution in [3.63, 3.8) is 0 Å². The van der Waals surface area contributed by atoms with Crippen LogP contribution in [-0.4, -0.2) is 16.7 Å². The monoisotopic (exact) mass is 220 g/mol. The van der Waals surface area contributed by atoms with E-state index < -0.39 is 0 Å². The average molecular weight is 220 g/mol. The molecular weight excluding hydrogens is 200 g/mol. The molecule has 0 spiro atoms. The van der Waals surface area contributed by atoms with Crippen LogP contribution in [0.2, 0.25) is 0 Å². The first-order valence-electron chi connectivity index (χ1n) is 5.68. The van der Waals surface area contributed by atoms with Crippen LogP contribution in [-0.2, 0) is 11.8 Å². The van der Waals surface area contributed by atoms with Gasteiger partial charge in [-0.15, -0.1) is 0 Å². The summed E-state index contributed by atoms with van der Waals surface area (Å²) in [5.41, 5.74) is 2.17. The van der Waals surface area contributed by atoms with Crippen LogP contribution in [0, 0.1) is 0 Å². The number of methoxy groups -OCH3 is 1. The Morgan fingerprint density at radius 1 is 1.25 bits per heavy atom. The molecule has 1 heterocycles. The van der Waals surface area contributed by atoms with Crippen LogP contribution in [0.25, 0.3) is 11.0 Å². The standard InChI is InChI=1S/C11H14N2O.C2H6/c1-8(14-3)11-12-9-6-4-5-7-10(9)13(11)2;1-2/h4-8H,1-3H3;1-2H3. The highest BCUT2D eigenvalue weighted by molar-refractivity contribution is 5.75. The molecular formula is C13H20N2O. The summed E-state index contributed by atoms with van der Waals surface area (Å²) in [7, 11) is 3.71. The fourth-order valence-electron chi connectivity index (χ4n) is 1.63. The summed E-state index contributed by atoms with van der Waals surface area (Å²) in [5, 5.41) is 0. The number of fused-ring (bicyclic) bond motifs is 1. The van der Waals surface area contributed by atoms with E-state index in [1.54, 1.807) is 7.11 Å². The molecule has 0 aliphatic heterocycles. The molecule has 0 N–H and O–H groups in total. The highest BCUT2D eigenvalue weighted by atomic mass is 16.5. The molecule has 0 saturated heterocycles. The fourth-order valence-corrected chi connectivity index (χ4v) is 1.63. The first-order chi connectivity index (χ1) is 7.74. The number of aromatic nitrogens is 2. The number of ether oxygens (including phenoxy) is 1. The Balaban J connectivity index is 0.000000606. The van der Waals surface area contributed by atoms with Gasteiger partial charge in [0, 0.05) is 14.2 Å². The third-order valence-corrected chi connectivity index (χ3v) is 2.54. The third kappa shape index (κ3) is 2.25. The quantitative estimate of drug-likeness (QED) is 0.776. The van der Waals surface area contributed by atoms with Gasteiger partial charge in [0.25, 0.3) is 0 Å². The summed E-state index contributed by atoms with van der Waals surface area (Å²) in [4.78, 5) is 4.52. The number of hydrogen-bond donors (Lipinski definition) is 0. The maximum absolute atomic E-state index is 5.26. The van der Waals surface area contributed by atoms with Crippen molar-refractivity contribution < 1.29 is 4.74 Å². The number of rotatable bonds is 2. The lowest BCUT2D eigenvalue weighted by molar-refractivity contribution is 0.110. The van der Waals surface area contributed by atoms with Crippen LogP contribution < -0.4 is 0 Å². The van der Waals surface area contributed by atoms with Crippen molar-refractivity contribution in [3.05, 3.63) is 30.1 Å². The molecule has 1 atom stereocenters. The number of aryl methyl sites for hydroxylation is 1. The van der Waals surface area contributed by atoms with Crippen LogP contribution in [0.5, 0.6) is 0 Å². The van der Waals surface area contributed by atoms with Gasteiger partial charge in [-0.05, 0) is 19.1 Å². The molecule has 1 aromatic heterocycles. The number of para-hydroxylation sites is 2. The summed E-state index contributed by atoms with van der Waals surface area (Å²) >= 11 is 0. The van der Waals surface area contributed by atoms with Gasteiger partial charge < -0.3 is 9.30 Å². The lowest BCUT2D eigenvalue weighted by Gasteiger charge is -2.08. The second kappa shape index (κ2) is 5.66. The van der Waals surface area contributed by atoms with Crippen LogP contribution in [0.3, 0.4) is 0 Å². The second-order valence-electron chi connectivity index (χ2n) is 3.40. The largest absolute Gasteiger partial charge is 0.374 e. The Morgan fingerprint density at radius 2 is 1.88 bits per heavy atom. The molecule has 0 saturated carbocycles. The van der Waals surface area contributed by atoms with Crippen molar-refractivity contribution in [3.8, 4) is 0 Å². The smallest absolute Gasteiger partial charge is 0.138 e. The van der Waals surface area contributed by atoms with Crippen molar-refractivity contribution in [1.29, 1.82) is 0 Å². The van der Waals surface area contributed by atoms with Crippen LogP contribution >= 0.6 is 0 Å². The average Bonchev–Trinajstić information content (AvgIpc) is 2.69. The van der Waals surface area contributed by atoms with E-state index in [0.717, 1.165) is 16.9 Å². The van der Waals surface area contributed by atoms with Crippen LogP contribution in [0.15, 0.2) is 24.3 Å². The lowest BCUT2D eigenvalue weighted by atomic mass is 10.3. The molecule has 3 nitrogen and oxygen atoms in total. The zero-order valence-electron chi connectivity index (χ0n) is 10.7. The van der Waals surface area contributed by atoms with E-state index in [0.29, 0.717) is 0 Å². The van der Waals surface area contributed by atoms with E-state index >= 15 is 0 Å². The molecule has 88 valence electrons. The molecule has 0 bridgehead atoms. The Kier molecular flexibility index (Phi) is 4.50. The van der Waals surface area contributed by atoms with Gasteiger partial charge in [0.1, 0.15) is 11.9 Å². The predicted molar refractivity (Wildman–Crippen MR) is 67.5 cm³/mol.